The number of nitrogens with one attached hydrogen (secondary N) is 1. The maximum atomic E-state index is 11.6. The van der Waals surface area contributed by atoms with Crippen molar-refractivity contribution in [2.75, 3.05) is 11.6 Å². The third-order valence-corrected chi connectivity index (χ3v) is 3.98. The topological polar surface area (TPSA) is 80.7 Å². The predicted molar refractivity (Wildman–Crippen MR) is 85.9 cm³/mol. The van der Waals surface area contributed by atoms with Gasteiger partial charge in [0.1, 0.15) is 17.4 Å². The molecular formula is C15H15N5OS. The van der Waals surface area contributed by atoms with Crippen molar-refractivity contribution in [1.82, 2.24) is 19.9 Å². The quantitative estimate of drug-likeness (QED) is 0.745. The number of hydrogen-bond acceptors (Lipinski definition) is 6. The Hall–Kier alpha value is -2.41. The first-order valence-electron chi connectivity index (χ1n) is 6.78. The van der Waals surface area contributed by atoms with Gasteiger partial charge in [-0.15, -0.1) is 0 Å². The van der Waals surface area contributed by atoms with Crippen LogP contribution < -0.4 is 5.32 Å². The molecule has 0 amide bonds. The van der Waals surface area contributed by atoms with E-state index in [1.165, 1.54) is 6.33 Å². The minimum Gasteiger partial charge on any atom is -0.362 e. The highest BCUT2D eigenvalue weighted by atomic mass is 32.2. The van der Waals surface area contributed by atoms with E-state index >= 15 is 0 Å². The standard InChI is InChI=1S/C15H15N5OS/c1-10(11-6-4-3-5-7-11)19-14-13-12(17-9-18-14)8-16-15(20-13)22(2)21/h3-10H,1-2H3,(H,17,18,19)/t10?,22-/m1/s1. The molecule has 2 heterocycles. The average Bonchev–Trinajstić information content (AvgIpc) is 2.55. The van der Waals surface area contributed by atoms with Crippen LogP contribution in [0.4, 0.5) is 5.82 Å². The minimum atomic E-state index is -1.25. The molecule has 7 heteroatoms. The maximum Gasteiger partial charge on any atom is 0.218 e. The van der Waals surface area contributed by atoms with Crippen LogP contribution >= 0.6 is 0 Å². The summed E-state index contributed by atoms with van der Waals surface area (Å²) in [5.74, 6) is 0.607. The van der Waals surface area contributed by atoms with Gasteiger partial charge in [-0.1, -0.05) is 30.3 Å². The van der Waals surface area contributed by atoms with Gasteiger partial charge < -0.3 is 5.32 Å². The van der Waals surface area contributed by atoms with Crippen LogP contribution in [0.5, 0.6) is 0 Å². The summed E-state index contributed by atoms with van der Waals surface area (Å²) >= 11 is 0. The monoisotopic (exact) mass is 313 g/mol. The Kier molecular flexibility index (Phi) is 4.06. The fourth-order valence-corrected chi connectivity index (χ4v) is 2.53. The lowest BCUT2D eigenvalue weighted by molar-refractivity contribution is 0.680. The van der Waals surface area contributed by atoms with Crippen molar-refractivity contribution in [2.45, 2.75) is 18.1 Å². The molecule has 2 atom stereocenters. The Morgan fingerprint density at radius 3 is 2.64 bits per heavy atom. The highest BCUT2D eigenvalue weighted by Crippen LogP contribution is 2.22. The van der Waals surface area contributed by atoms with Crippen LogP contribution in [-0.2, 0) is 10.8 Å². The zero-order chi connectivity index (χ0) is 15.5. The molecule has 3 rings (SSSR count). The molecule has 0 saturated heterocycles. The maximum absolute atomic E-state index is 11.6. The number of aromatic nitrogens is 4. The number of benzene rings is 1. The van der Waals surface area contributed by atoms with Crippen molar-refractivity contribution in [2.24, 2.45) is 0 Å². The largest absolute Gasteiger partial charge is 0.362 e. The molecule has 0 fully saturated rings. The second kappa shape index (κ2) is 6.15. The third-order valence-electron chi connectivity index (χ3n) is 3.27. The summed E-state index contributed by atoms with van der Waals surface area (Å²) in [6, 6.07) is 10.1. The summed E-state index contributed by atoms with van der Waals surface area (Å²) in [6.45, 7) is 2.04. The highest BCUT2D eigenvalue weighted by Gasteiger charge is 2.12. The van der Waals surface area contributed by atoms with Crippen molar-refractivity contribution in [1.29, 1.82) is 0 Å². The lowest BCUT2D eigenvalue weighted by Crippen LogP contribution is -2.09. The van der Waals surface area contributed by atoms with Crippen molar-refractivity contribution < 1.29 is 4.21 Å². The van der Waals surface area contributed by atoms with Gasteiger partial charge in [0.05, 0.1) is 23.0 Å². The number of rotatable bonds is 4. The zero-order valence-electron chi connectivity index (χ0n) is 12.2. The Morgan fingerprint density at radius 1 is 1.14 bits per heavy atom. The summed E-state index contributed by atoms with van der Waals surface area (Å²) in [7, 11) is -1.25. The molecule has 6 nitrogen and oxygen atoms in total. The fraction of sp³-hybridized carbons (Fsp3) is 0.200. The van der Waals surface area contributed by atoms with Gasteiger partial charge in [-0.3, -0.25) is 4.21 Å². The van der Waals surface area contributed by atoms with Crippen molar-refractivity contribution in [3.8, 4) is 0 Å². The Bertz CT molecular complexity index is 825. The highest BCUT2D eigenvalue weighted by molar-refractivity contribution is 7.84. The van der Waals surface area contributed by atoms with Gasteiger partial charge in [-0.25, -0.2) is 19.9 Å². The number of anilines is 1. The SMILES string of the molecule is CC(Nc1ncnc2cnc([S@@](C)=O)nc12)c1ccccc1. The van der Waals surface area contributed by atoms with E-state index in [2.05, 4.69) is 25.3 Å². The van der Waals surface area contributed by atoms with Gasteiger partial charge in [0.15, 0.2) is 5.82 Å². The fourth-order valence-electron chi connectivity index (χ4n) is 2.11. The summed E-state index contributed by atoms with van der Waals surface area (Å²) in [6.07, 6.45) is 4.58. The van der Waals surface area contributed by atoms with Gasteiger partial charge in [0.25, 0.3) is 0 Å². The normalized spacial score (nSPS) is 13.7. The molecule has 1 unspecified atom stereocenters. The van der Waals surface area contributed by atoms with E-state index in [1.54, 1.807) is 12.5 Å². The number of nitrogens with zero attached hydrogens (tertiary/aromatic N) is 4. The van der Waals surface area contributed by atoms with Crippen LogP contribution in [0.2, 0.25) is 0 Å². The molecule has 1 N–H and O–H groups in total. The number of fused-ring (bicyclic) bond motifs is 1. The first kappa shape index (κ1) is 14.5. The van der Waals surface area contributed by atoms with Crippen LogP contribution in [-0.4, -0.2) is 30.4 Å². The Balaban J connectivity index is 1.99. The molecule has 1 aromatic carbocycles. The van der Waals surface area contributed by atoms with Crippen LogP contribution in [0.25, 0.3) is 11.0 Å². The molecule has 0 aliphatic carbocycles. The van der Waals surface area contributed by atoms with Gasteiger partial charge >= 0.3 is 0 Å². The van der Waals surface area contributed by atoms with Crippen LogP contribution in [0, 0.1) is 0 Å². The van der Waals surface area contributed by atoms with E-state index in [1.807, 2.05) is 37.3 Å². The van der Waals surface area contributed by atoms with Gasteiger partial charge in [-0.2, -0.15) is 0 Å². The first-order chi connectivity index (χ1) is 10.6. The molecule has 0 aliphatic rings. The van der Waals surface area contributed by atoms with Crippen LogP contribution in [0.15, 0.2) is 48.0 Å². The van der Waals surface area contributed by atoms with Gasteiger partial charge in [-0.05, 0) is 12.5 Å². The van der Waals surface area contributed by atoms with E-state index < -0.39 is 10.8 Å². The van der Waals surface area contributed by atoms with E-state index in [0.29, 0.717) is 16.9 Å². The zero-order valence-corrected chi connectivity index (χ0v) is 13.0. The van der Waals surface area contributed by atoms with E-state index in [-0.39, 0.29) is 11.2 Å². The molecule has 0 spiro atoms. The number of hydrogen-bond donors (Lipinski definition) is 1. The van der Waals surface area contributed by atoms with Crippen molar-refractivity contribution in [3.63, 3.8) is 0 Å². The van der Waals surface area contributed by atoms with Gasteiger partial charge in [0, 0.05) is 6.26 Å². The molecule has 3 aromatic rings. The molecule has 0 bridgehead atoms. The lowest BCUT2D eigenvalue weighted by atomic mass is 10.1. The molecule has 0 aliphatic heterocycles. The van der Waals surface area contributed by atoms with Crippen molar-refractivity contribution >= 4 is 27.7 Å². The van der Waals surface area contributed by atoms with Crippen LogP contribution in [0.3, 0.4) is 0 Å². The summed E-state index contributed by atoms with van der Waals surface area (Å²) in [5.41, 5.74) is 2.33. The van der Waals surface area contributed by atoms with E-state index in [9.17, 15) is 4.21 Å². The summed E-state index contributed by atoms with van der Waals surface area (Å²) < 4.78 is 11.6. The van der Waals surface area contributed by atoms with E-state index in [0.717, 1.165) is 5.56 Å². The molecule has 112 valence electrons. The smallest absolute Gasteiger partial charge is 0.218 e. The first-order valence-corrected chi connectivity index (χ1v) is 8.33. The van der Waals surface area contributed by atoms with E-state index in [4.69, 9.17) is 0 Å². The lowest BCUT2D eigenvalue weighted by Gasteiger charge is -2.15. The predicted octanol–water partition coefficient (Wildman–Crippen LogP) is 2.33. The van der Waals surface area contributed by atoms with Crippen LogP contribution in [0.1, 0.15) is 18.5 Å². The second-order valence-electron chi connectivity index (χ2n) is 4.84. The Labute approximate surface area is 130 Å². The summed E-state index contributed by atoms with van der Waals surface area (Å²) in [5, 5.41) is 3.60. The van der Waals surface area contributed by atoms with Gasteiger partial charge in [0.2, 0.25) is 5.16 Å². The average molecular weight is 313 g/mol. The molecule has 0 radical (unpaired) electrons. The third kappa shape index (κ3) is 2.94. The van der Waals surface area contributed by atoms with Crippen molar-refractivity contribution in [3.05, 3.63) is 48.4 Å². The summed E-state index contributed by atoms with van der Waals surface area (Å²) in [4.78, 5) is 16.8. The molecule has 22 heavy (non-hydrogen) atoms. The minimum absolute atomic E-state index is 0.0600. The molecule has 2 aromatic heterocycles. The second-order valence-corrected chi connectivity index (χ2v) is 6.11. The molecule has 0 saturated carbocycles. The molecular weight excluding hydrogens is 298 g/mol. The Morgan fingerprint density at radius 2 is 1.91 bits per heavy atom.